The Bertz CT molecular complexity index is 294. The van der Waals surface area contributed by atoms with Crippen LogP contribution >= 0.6 is 0 Å². The van der Waals surface area contributed by atoms with Gasteiger partial charge in [-0.1, -0.05) is 43.2 Å². The van der Waals surface area contributed by atoms with E-state index in [0.29, 0.717) is 0 Å². The predicted octanol–water partition coefficient (Wildman–Crippen LogP) is 2.43. The molecule has 0 radical (unpaired) electrons. The van der Waals surface area contributed by atoms with Crippen LogP contribution in [0.3, 0.4) is 0 Å². The molecule has 1 aliphatic rings. The van der Waals surface area contributed by atoms with Crippen molar-refractivity contribution in [1.82, 2.24) is 0 Å². The van der Waals surface area contributed by atoms with Gasteiger partial charge in [-0.3, -0.25) is 0 Å². The molecule has 1 heterocycles. The van der Waals surface area contributed by atoms with Gasteiger partial charge in [0.15, 0.2) is 0 Å². The second-order valence-electron chi connectivity index (χ2n) is 4.08. The fraction of sp³-hybridized carbons (Fsp3) is 0.500. The average molecular weight is 385 g/mol. The summed E-state index contributed by atoms with van der Waals surface area (Å²) in [6.07, 6.45) is 2.11. The van der Waals surface area contributed by atoms with Crippen molar-refractivity contribution in [3.8, 4) is 0 Å². The van der Waals surface area contributed by atoms with E-state index in [4.69, 9.17) is 0 Å². The summed E-state index contributed by atoms with van der Waals surface area (Å²) in [5, 5.41) is 14.8. The zero-order valence-corrected chi connectivity index (χ0v) is 11.1. The van der Waals surface area contributed by atoms with Crippen LogP contribution in [-0.4, -0.2) is 17.7 Å². The summed E-state index contributed by atoms with van der Waals surface area (Å²) in [7, 11) is 0. The Morgan fingerprint density at radius 3 is 2.53 bits per heavy atom. The normalized spacial score (nSPS) is 24.3. The molecule has 1 N–H and O–H groups in total. The van der Waals surface area contributed by atoms with Gasteiger partial charge in [-0.25, -0.2) is 0 Å². The number of aliphatic hydroxyl groups is 1. The maximum absolute atomic E-state index is 10.4. The van der Waals surface area contributed by atoms with Crippen molar-refractivity contribution < 1.29 is 26.2 Å². The zero-order chi connectivity index (χ0) is 10.0. The molecule has 1 saturated heterocycles. The molecule has 2 atom stereocenters. The zero-order valence-electron chi connectivity index (χ0n) is 8.80. The van der Waals surface area contributed by atoms with Crippen LogP contribution in [0.25, 0.3) is 5.32 Å². The van der Waals surface area contributed by atoms with E-state index in [2.05, 4.69) is 5.32 Å². The number of hydrogen-bond donors (Lipinski definition) is 1. The fourth-order valence-corrected chi connectivity index (χ4v) is 2.05. The molecule has 86 valence electrons. The summed E-state index contributed by atoms with van der Waals surface area (Å²) in [6, 6.07) is 9.88. The van der Waals surface area contributed by atoms with Crippen molar-refractivity contribution >= 4 is 0 Å². The Kier molecular flexibility index (Phi) is 4.51. The molecule has 1 aliphatic heterocycles. The van der Waals surface area contributed by atoms with E-state index < -0.39 is 5.60 Å². The topological polar surface area (TPSA) is 34.3 Å². The van der Waals surface area contributed by atoms with E-state index in [-0.39, 0.29) is 27.1 Å². The van der Waals surface area contributed by atoms with Crippen LogP contribution in [0.1, 0.15) is 25.3 Å². The van der Waals surface area contributed by atoms with Gasteiger partial charge in [0.05, 0.1) is 5.60 Å². The second-order valence-corrected chi connectivity index (χ2v) is 4.08. The van der Waals surface area contributed by atoms with Crippen LogP contribution < -0.4 is 0 Å². The van der Waals surface area contributed by atoms with E-state index in [1.165, 1.54) is 0 Å². The van der Waals surface area contributed by atoms with Gasteiger partial charge in [0.2, 0.25) is 0 Å². The van der Waals surface area contributed by atoms with Crippen molar-refractivity contribution in [2.75, 3.05) is 6.54 Å². The van der Waals surface area contributed by atoms with E-state index in [1.807, 2.05) is 37.3 Å². The summed E-state index contributed by atoms with van der Waals surface area (Å²) in [5.41, 5.74) is 0.174. The largest absolute Gasteiger partial charge is 0.657 e. The Morgan fingerprint density at radius 1 is 1.33 bits per heavy atom. The molecule has 2 nitrogen and oxygen atoms in total. The molecule has 1 fully saturated rings. The molecular weight excluding hydrogens is 369 g/mol. The molecule has 0 spiro atoms. The number of hydrogen-bond acceptors (Lipinski definition) is 1. The SMILES string of the molecule is CC(O)(c1ccccc1)C1CCC[N-]1.[Pt]. The van der Waals surface area contributed by atoms with Crippen LogP contribution in [0.15, 0.2) is 30.3 Å². The van der Waals surface area contributed by atoms with Gasteiger partial charge in [0.25, 0.3) is 0 Å². The van der Waals surface area contributed by atoms with E-state index in [1.54, 1.807) is 0 Å². The Labute approximate surface area is 105 Å². The van der Waals surface area contributed by atoms with Crippen molar-refractivity contribution in [2.45, 2.75) is 31.4 Å². The molecule has 1 aromatic rings. The molecule has 0 aromatic heterocycles. The standard InChI is InChI=1S/C12H16NO.Pt/c1-12(14,11-8-5-9-13-11)10-6-3-2-4-7-10;/h2-4,6-7,11,14H,5,8-9H2,1H3;/q-1;. The molecule has 0 saturated carbocycles. The number of rotatable bonds is 2. The third-order valence-corrected chi connectivity index (χ3v) is 2.99. The predicted molar refractivity (Wildman–Crippen MR) is 57.3 cm³/mol. The minimum atomic E-state index is -0.794. The van der Waals surface area contributed by atoms with E-state index in [9.17, 15) is 5.11 Å². The Morgan fingerprint density at radius 2 is 2.00 bits per heavy atom. The first-order chi connectivity index (χ1) is 6.71. The van der Waals surface area contributed by atoms with Crippen LogP contribution in [0.4, 0.5) is 0 Å². The monoisotopic (exact) mass is 385 g/mol. The molecule has 1 aromatic carbocycles. The van der Waals surface area contributed by atoms with Gasteiger partial charge in [-0.15, -0.1) is 12.6 Å². The van der Waals surface area contributed by atoms with Gasteiger partial charge in [-0.05, 0) is 12.5 Å². The summed E-state index contributed by atoms with van der Waals surface area (Å²) in [4.78, 5) is 0. The van der Waals surface area contributed by atoms with Crippen molar-refractivity contribution in [3.05, 3.63) is 41.2 Å². The molecule has 0 aliphatic carbocycles. The van der Waals surface area contributed by atoms with Crippen LogP contribution in [0.5, 0.6) is 0 Å². The van der Waals surface area contributed by atoms with Crippen molar-refractivity contribution in [1.29, 1.82) is 0 Å². The maximum atomic E-state index is 10.4. The van der Waals surface area contributed by atoms with E-state index >= 15 is 0 Å². The Hall–Kier alpha value is -0.172. The maximum Gasteiger partial charge on any atom is 0.0709 e. The summed E-state index contributed by atoms with van der Waals surface area (Å²) in [5.74, 6) is 0. The molecule has 0 bridgehead atoms. The van der Waals surface area contributed by atoms with Crippen LogP contribution in [-0.2, 0) is 26.7 Å². The Balaban J connectivity index is 0.00000112. The minimum absolute atomic E-state index is 0. The third-order valence-electron chi connectivity index (χ3n) is 2.99. The first-order valence-corrected chi connectivity index (χ1v) is 5.16. The van der Waals surface area contributed by atoms with Gasteiger partial charge in [0, 0.05) is 21.1 Å². The average Bonchev–Trinajstić information content (AvgIpc) is 2.72. The van der Waals surface area contributed by atoms with E-state index in [0.717, 1.165) is 24.9 Å². The molecular formula is C12H16NOPt-. The third kappa shape index (κ3) is 2.69. The minimum Gasteiger partial charge on any atom is -0.657 e. The smallest absolute Gasteiger partial charge is 0.0709 e. The molecule has 0 amide bonds. The summed E-state index contributed by atoms with van der Waals surface area (Å²) in [6.45, 7) is 2.76. The quantitative estimate of drug-likeness (QED) is 0.834. The van der Waals surface area contributed by atoms with Gasteiger partial charge < -0.3 is 10.4 Å². The summed E-state index contributed by atoms with van der Waals surface area (Å²) >= 11 is 0. The van der Waals surface area contributed by atoms with Crippen molar-refractivity contribution in [3.63, 3.8) is 0 Å². The second kappa shape index (κ2) is 5.25. The van der Waals surface area contributed by atoms with Crippen molar-refractivity contribution in [2.24, 2.45) is 0 Å². The number of benzene rings is 1. The summed E-state index contributed by atoms with van der Waals surface area (Å²) < 4.78 is 0. The van der Waals surface area contributed by atoms with Crippen LogP contribution in [0.2, 0.25) is 0 Å². The van der Waals surface area contributed by atoms with Gasteiger partial charge in [-0.2, -0.15) is 0 Å². The fourth-order valence-electron chi connectivity index (χ4n) is 2.05. The molecule has 3 heteroatoms. The number of nitrogens with zero attached hydrogens (tertiary/aromatic N) is 1. The molecule has 2 unspecified atom stereocenters. The van der Waals surface area contributed by atoms with Gasteiger partial charge in [0.1, 0.15) is 0 Å². The molecule has 2 rings (SSSR count). The van der Waals surface area contributed by atoms with Gasteiger partial charge >= 0.3 is 0 Å². The first kappa shape index (κ1) is 12.9. The van der Waals surface area contributed by atoms with Crippen LogP contribution in [0, 0.1) is 0 Å². The first-order valence-electron chi connectivity index (χ1n) is 5.16. The molecule has 15 heavy (non-hydrogen) atoms.